The molecule has 0 bridgehead atoms. The van der Waals surface area contributed by atoms with Crippen molar-refractivity contribution in [1.29, 1.82) is 5.26 Å². The number of ether oxygens (including phenoxy) is 2. The Labute approximate surface area is 88.4 Å². The molecule has 1 heterocycles. The van der Waals surface area contributed by atoms with Gasteiger partial charge >= 0.3 is 0 Å². The van der Waals surface area contributed by atoms with E-state index in [9.17, 15) is 0 Å². The van der Waals surface area contributed by atoms with Crippen LogP contribution in [0.5, 0.6) is 11.5 Å². The highest BCUT2D eigenvalue weighted by molar-refractivity contribution is 5.44. The van der Waals surface area contributed by atoms with Crippen molar-refractivity contribution in [3.05, 3.63) is 23.8 Å². The number of hydrogen-bond acceptors (Lipinski definition) is 4. The van der Waals surface area contributed by atoms with Crippen LogP contribution in [0.3, 0.4) is 0 Å². The van der Waals surface area contributed by atoms with Crippen LogP contribution in [0.25, 0.3) is 0 Å². The first-order valence-electron chi connectivity index (χ1n) is 4.78. The van der Waals surface area contributed by atoms with Crippen LogP contribution in [-0.4, -0.2) is 26.3 Å². The summed E-state index contributed by atoms with van der Waals surface area (Å²) in [6.07, 6.45) is 0.212. The maximum absolute atomic E-state index is 8.81. The number of benzene rings is 1. The first-order valence-corrected chi connectivity index (χ1v) is 4.78. The smallest absolute Gasteiger partial charge is 0.124 e. The van der Waals surface area contributed by atoms with Crippen molar-refractivity contribution in [2.75, 3.05) is 20.2 Å². The molecule has 4 heteroatoms. The van der Waals surface area contributed by atoms with E-state index in [4.69, 9.17) is 14.7 Å². The maximum Gasteiger partial charge on any atom is 0.124 e. The number of nitrogens with one attached hydrogen (secondary N) is 1. The van der Waals surface area contributed by atoms with Crippen LogP contribution in [0.15, 0.2) is 18.2 Å². The molecule has 0 aliphatic carbocycles. The highest BCUT2D eigenvalue weighted by Gasteiger charge is 2.18. The Morgan fingerprint density at radius 1 is 1.33 bits per heavy atom. The molecule has 0 aromatic heterocycles. The minimum Gasteiger partial charge on any atom is -0.497 e. The van der Waals surface area contributed by atoms with Crippen LogP contribution in [0.1, 0.15) is 5.56 Å². The highest BCUT2D eigenvalue weighted by Crippen LogP contribution is 2.23. The van der Waals surface area contributed by atoms with E-state index in [1.807, 2.05) is 0 Å². The van der Waals surface area contributed by atoms with Crippen molar-refractivity contribution in [3.63, 3.8) is 0 Å². The van der Waals surface area contributed by atoms with Crippen LogP contribution < -0.4 is 14.8 Å². The molecule has 0 saturated carbocycles. The molecule has 1 aromatic carbocycles. The number of hydrogen-bond donors (Lipinski definition) is 1. The molecule has 0 radical (unpaired) electrons. The van der Waals surface area contributed by atoms with Gasteiger partial charge in [-0.15, -0.1) is 0 Å². The summed E-state index contributed by atoms with van der Waals surface area (Å²) in [6, 6.07) is 7.28. The van der Waals surface area contributed by atoms with Gasteiger partial charge in [-0.3, -0.25) is 0 Å². The molecule has 0 unspecified atom stereocenters. The minimum atomic E-state index is 0.212. The fourth-order valence-electron chi connectivity index (χ4n) is 1.36. The van der Waals surface area contributed by atoms with E-state index in [1.165, 1.54) is 0 Å². The Kier molecular flexibility index (Phi) is 2.75. The van der Waals surface area contributed by atoms with Gasteiger partial charge in [-0.25, -0.2) is 0 Å². The van der Waals surface area contributed by atoms with Crippen LogP contribution in [0.2, 0.25) is 0 Å². The third-order valence-electron chi connectivity index (χ3n) is 2.29. The minimum absolute atomic E-state index is 0.212. The lowest BCUT2D eigenvalue weighted by Crippen LogP contribution is -2.50. The molecule has 1 saturated heterocycles. The van der Waals surface area contributed by atoms with Crippen molar-refractivity contribution < 1.29 is 9.47 Å². The zero-order valence-corrected chi connectivity index (χ0v) is 8.49. The monoisotopic (exact) mass is 204 g/mol. The van der Waals surface area contributed by atoms with Gasteiger partial charge < -0.3 is 14.8 Å². The number of nitriles is 1. The van der Waals surface area contributed by atoms with Gasteiger partial charge in [0.25, 0.3) is 0 Å². The van der Waals surface area contributed by atoms with E-state index >= 15 is 0 Å². The Morgan fingerprint density at radius 3 is 2.60 bits per heavy atom. The lowest BCUT2D eigenvalue weighted by Gasteiger charge is -2.27. The SMILES string of the molecule is COc1cc(C#N)cc(OC2CNC2)c1. The van der Waals surface area contributed by atoms with Crippen molar-refractivity contribution in [2.24, 2.45) is 0 Å². The number of nitrogens with zero attached hydrogens (tertiary/aromatic N) is 1. The summed E-state index contributed by atoms with van der Waals surface area (Å²) in [5.41, 5.74) is 0.552. The largest absolute Gasteiger partial charge is 0.497 e. The second-order valence-corrected chi connectivity index (χ2v) is 3.41. The first-order chi connectivity index (χ1) is 7.31. The second kappa shape index (κ2) is 4.20. The van der Waals surface area contributed by atoms with Gasteiger partial charge in [-0.05, 0) is 12.1 Å². The molecule has 0 spiro atoms. The van der Waals surface area contributed by atoms with E-state index in [1.54, 1.807) is 25.3 Å². The van der Waals surface area contributed by atoms with Gasteiger partial charge in [-0.2, -0.15) is 5.26 Å². The standard InChI is InChI=1S/C11H12N2O2/c1-14-9-2-8(5-12)3-10(4-9)15-11-6-13-7-11/h2-4,11,13H,6-7H2,1H3. The van der Waals surface area contributed by atoms with Gasteiger partial charge in [0.05, 0.1) is 18.7 Å². The lowest BCUT2D eigenvalue weighted by atomic mass is 10.2. The molecule has 4 nitrogen and oxygen atoms in total. The van der Waals surface area contributed by atoms with E-state index < -0.39 is 0 Å². The molecule has 2 rings (SSSR count). The molecule has 1 aliphatic rings. The fraction of sp³-hybridized carbons (Fsp3) is 0.364. The third kappa shape index (κ3) is 2.20. The van der Waals surface area contributed by atoms with Crippen LogP contribution >= 0.6 is 0 Å². The van der Waals surface area contributed by atoms with Crippen LogP contribution in [0.4, 0.5) is 0 Å². The Balaban J connectivity index is 2.18. The summed E-state index contributed by atoms with van der Waals surface area (Å²) in [6.45, 7) is 1.72. The molecule has 15 heavy (non-hydrogen) atoms. The zero-order chi connectivity index (χ0) is 10.7. The van der Waals surface area contributed by atoms with E-state index in [0.717, 1.165) is 13.1 Å². The third-order valence-corrected chi connectivity index (χ3v) is 2.29. The van der Waals surface area contributed by atoms with E-state index in [-0.39, 0.29) is 6.10 Å². The summed E-state index contributed by atoms with van der Waals surface area (Å²) in [5.74, 6) is 1.34. The van der Waals surface area contributed by atoms with Gasteiger partial charge in [-0.1, -0.05) is 0 Å². The number of rotatable bonds is 3. The second-order valence-electron chi connectivity index (χ2n) is 3.41. The normalized spacial score (nSPS) is 15.2. The van der Waals surface area contributed by atoms with Crippen molar-refractivity contribution in [3.8, 4) is 17.6 Å². The maximum atomic E-state index is 8.81. The Hall–Kier alpha value is -1.73. The van der Waals surface area contributed by atoms with Gasteiger partial charge in [0.15, 0.2) is 0 Å². The van der Waals surface area contributed by atoms with Gasteiger partial charge in [0.2, 0.25) is 0 Å². The lowest BCUT2D eigenvalue weighted by molar-refractivity contribution is 0.142. The quantitative estimate of drug-likeness (QED) is 0.795. The predicted molar refractivity (Wildman–Crippen MR) is 55.0 cm³/mol. The van der Waals surface area contributed by atoms with Gasteiger partial charge in [0.1, 0.15) is 17.6 Å². The van der Waals surface area contributed by atoms with E-state index in [0.29, 0.717) is 17.1 Å². The van der Waals surface area contributed by atoms with Crippen molar-refractivity contribution in [1.82, 2.24) is 5.32 Å². The molecule has 1 aromatic rings. The van der Waals surface area contributed by atoms with Gasteiger partial charge in [0, 0.05) is 19.2 Å². The molecular weight excluding hydrogens is 192 g/mol. The Bertz CT molecular complexity index is 394. The zero-order valence-electron chi connectivity index (χ0n) is 8.49. The molecule has 78 valence electrons. The molecule has 0 atom stereocenters. The average molecular weight is 204 g/mol. The van der Waals surface area contributed by atoms with Crippen molar-refractivity contribution in [2.45, 2.75) is 6.10 Å². The Morgan fingerprint density at radius 2 is 2.07 bits per heavy atom. The molecule has 0 amide bonds. The summed E-state index contributed by atoms with van der Waals surface area (Å²) < 4.78 is 10.7. The topological polar surface area (TPSA) is 54.3 Å². The predicted octanol–water partition coefficient (Wildman–Crippen LogP) is 0.917. The summed E-state index contributed by atoms with van der Waals surface area (Å²) in [7, 11) is 1.57. The molecular formula is C11H12N2O2. The number of methoxy groups -OCH3 is 1. The molecule has 1 N–H and O–H groups in total. The summed E-state index contributed by atoms with van der Waals surface area (Å²) >= 11 is 0. The summed E-state index contributed by atoms with van der Waals surface area (Å²) in [5, 5.41) is 11.9. The fourth-order valence-corrected chi connectivity index (χ4v) is 1.36. The highest BCUT2D eigenvalue weighted by atomic mass is 16.5. The molecule has 1 fully saturated rings. The van der Waals surface area contributed by atoms with Crippen molar-refractivity contribution >= 4 is 0 Å². The van der Waals surface area contributed by atoms with E-state index in [2.05, 4.69) is 11.4 Å². The first kappa shape index (κ1) is 9.81. The average Bonchev–Trinajstić information content (AvgIpc) is 2.23. The summed E-state index contributed by atoms with van der Waals surface area (Å²) in [4.78, 5) is 0. The molecule has 1 aliphatic heterocycles. The van der Waals surface area contributed by atoms with Crippen LogP contribution in [0, 0.1) is 11.3 Å². The van der Waals surface area contributed by atoms with Crippen LogP contribution in [-0.2, 0) is 0 Å².